The van der Waals surface area contributed by atoms with Gasteiger partial charge in [0.1, 0.15) is 5.82 Å². The van der Waals surface area contributed by atoms with E-state index < -0.39 is 0 Å². The van der Waals surface area contributed by atoms with Gasteiger partial charge in [-0.2, -0.15) is 0 Å². The number of benzene rings is 1. The number of hydrogen-bond acceptors (Lipinski definition) is 3. The summed E-state index contributed by atoms with van der Waals surface area (Å²) in [6, 6.07) is 5.94. The summed E-state index contributed by atoms with van der Waals surface area (Å²) in [4.78, 5) is 16.0. The molecule has 1 heterocycles. The molecule has 0 bridgehead atoms. The van der Waals surface area contributed by atoms with Crippen LogP contribution in [-0.2, 0) is 16.1 Å². The largest absolute Gasteiger partial charge is 0.466 e. The molecule has 1 atom stereocenters. The molecule has 6 heteroatoms. The molecule has 0 radical (unpaired) electrons. The number of aryl methyl sites for hydroxylation is 1. The smallest absolute Gasteiger partial charge is 0.305 e. The average molecular weight is 374 g/mol. The van der Waals surface area contributed by atoms with Crippen molar-refractivity contribution in [1.82, 2.24) is 9.55 Å². The molecule has 114 valence electrons. The van der Waals surface area contributed by atoms with Gasteiger partial charge in [0.25, 0.3) is 0 Å². The van der Waals surface area contributed by atoms with Gasteiger partial charge in [0.15, 0.2) is 0 Å². The molecule has 2 aromatic rings. The van der Waals surface area contributed by atoms with Crippen LogP contribution in [0.1, 0.15) is 37.9 Å². The van der Waals surface area contributed by atoms with Gasteiger partial charge in [0.2, 0.25) is 0 Å². The van der Waals surface area contributed by atoms with Crippen LogP contribution < -0.4 is 0 Å². The summed E-state index contributed by atoms with van der Waals surface area (Å²) in [6.45, 7) is 4.83. The maximum Gasteiger partial charge on any atom is 0.305 e. The third-order valence-corrected chi connectivity index (χ3v) is 3.85. The van der Waals surface area contributed by atoms with E-state index in [1.165, 1.54) is 0 Å². The number of rotatable bonds is 6. The number of hydrogen-bond donors (Lipinski definition) is 0. The van der Waals surface area contributed by atoms with E-state index in [9.17, 15) is 4.79 Å². The second kappa shape index (κ2) is 7.27. The van der Waals surface area contributed by atoms with E-state index in [4.69, 9.17) is 16.3 Å². The number of alkyl halides is 1. The lowest BCUT2D eigenvalue weighted by molar-refractivity contribution is -0.143. The first-order valence-corrected chi connectivity index (χ1v) is 8.21. The molecule has 1 aromatic heterocycles. The van der Waals surface area contributed by atoms with Crippen molar-refractivity contribution in [3.63, 3.8) is 0 Å². The van der Waals surface area contributed by atoms with Crippen LogP contribution in [0, 0.1) is 0 Å². The van der Waals surface area contributed by atoms with E-state index >= 15 is 0 Å². The highest BCUT2D eigenvalue weighted by Crippen LogP contribution is 2.27. The molecule has 0 aliphatic heterocycles. The fourth-order valence-electron chi connectivity index (χ4n) is 2.27. The monoisotopic (exact) mass is 372 g/mol. The van der Waals surface area contributed by atoms with E-state index in [1.807, 2.05) is 32.0 Å². The second-order valence-corrected chi connectivity index (χ2v) is 6.35. The average Bonchev–Trinajstić information content (AvgIpc) is 2.78. The van der Waals surface area contributed by atoms with Crippen LogP contribution in [0.5, 0.6) is 0 Å². The number of imidazole rings is 1. The minimum absolute atomic E-state index is 0.163. The van der Waals surface area contributed by atoms with Crippen LogP contribution >= 0.6 is 27.5 Å². The molecule has 0 fully saturated rings. The Labute approximate surface area is 137 Å². The fourth-order valence-corrected chi connectivity index (χ4v) is 2.78. The van der Waals surface area contributed by atoms with Crippen molar-refractivity contribution < 1.29 is 9.53 Å². The van der Waals surface area contributed by atoms with Gasteiger partial charge in [-0.05, 0) is 38.5 Å². The Morgan fingerprint density at radius 2 is 2.29 bits per heavy atom. The highest BCUT2D eigenvalue weighted by atomic mass is 79.9. The summed E-state index contributed by atoms with van der Waals surface area (Å²) in [5.41, 5.74) is 1.94. The lowest BCUT2D eigenvalue weighted by Crippen LogP contribution is -2.08. The van der Waals surface area contributed by atoms with Crippen molar-refractivity contribution in [2.45, 2.75) is 38.6 Å². The van der Waals surface area contributed by atoms with Crippen LogP contribution in [0.3, 0.4) is 0 Å². The summed E-state index contributed by atoms with van der Waals surface area (Å²) in [6.07, 6.45) is 1.10. The Hall–Kier alpha value is -1.07. The van der Waals surface area contributed by atoms with E-state index in [1.54, 1.807) is 0 Å². The van der Waals surface area contributed by atoms with E-state index in [2.05, 4.69) is 25.5 Å². The third kappa shape index (κ3) is 3.98. The number of nitrogens with zero attached hydrogens (tertiary/aromatic N) is 2. The lowest BCUT2D eigenvalue weighted by Gasteiger charge is -2.10. The molecule has 2 rings (SSSR count). The Bertz CT molecular complexity index is 640. The molecule has 0 aliphatic carbocycles. The molecule has 1 aromatic carbocycles. The number of esters is 1. The molecular weight excluding hydrogens is 356 g/mol. The van der Waals surface area contributed by atoms with Gasteiger partial charge in [0.05, 0.1) is 23.0 Å². The first kappa shape index (κ1) is 16.3. The highest BCUT2D eigenvalue weighted by Gasteiger charge is 2.15. The first-order valence-electron chi connectivity index (χ1n) is 6.98. The zero-order valence-electron chi connectivity index (χ0n) is 12.1. The second-order valence-electron chi connectivity index (χ2n) is 4.78. The van der Waals surface area contributed by atoms with Crippen molar-refractivity contribution in [1.29, 1.82) is 0 Å². The molecule has 21 heavy (non-hydrogen) atoms. The minimum Gasteiger partial charge on any atom is -0.466 e. The summed E-state index contributed by atoms with van der Waals surface area (Å²) in [5.74, 6) is 0.664. The summed E-state index contributed by atoms with van der Waals surface area (Å²) < 4.78 is 8.02. The maximum atomic E-state index is 11.4. The van der Waals surface area contributed by atoms with Crippen LogP contribution in [0.25, 0.3) is 11.0 Å². The van der Waals surface area contributed by atoms with E-state index in [0.717, 1.165) is 21.3 Å². The van der Waals surface area contributed by atoms with Gasteiger partial charge in [-0.3, -0.25) is 4.79 Å². The topological polar surface area (TPSA) is 44.1 Å². The summed E-state index contributed by atoms with van der Waals surface area (Å²) in [5, 5.41) is -0.182. The van der Waals surface area contributed by atoms with Gasteiger partial charge < -0.3 is 9.30 Å². The quantitative estimate of drug-likeness (QED) is 0.555. The van der Waals surface area contributed by atoms with Gasteiger partial charge in [0, 0.05) is 17.4 Å². The van der Waals surface area contributed by atoms with Crippen LogP contribution in [0.2, 0.25) is 0 Å². The third-order valence-electron chi connectivity index (χ3n) is 3.16. The van der Waals surface area contributed by atoms with Crippen LogP contribution in [0.4, 0.5) is 0 Å². The van der Waals surface area contributed by atoms with Gasteiger partial charge >= 0.3 is 5.97 Å². The number of fused-ring (bicyclic) bond motifs is 1. The Balaban J connectivity index is 2.22. The normalized spacial score (nSPS) is 12.6. The van der Waals surface area contributed by atoms with Crippen LogP contribution in [-0.4, -0.2) is 22.1 Å². The number of ether oxygens (including phenoxy) is 1. The number of aromatic nitrogens is 2. The highest BCUT2D eigenvalue weighted by molar-refractivity contribution is 9.10. The number of halogens is 2. The van der Waals surface area contributed by atoms with Crippen molar-refractivity contribution in [2.75, 3.05) is 6.61 Å². The lowest BCUT2D eigenvalue weighted by atomic mass is 10.3. The standard InChI is InChI=1S/C15H18BrClN2O2/c1-3-21-14(20)5-4-8-19-13-9-11(16)6-7-12(13)18-15(19)10(2)17/h6-7,9-10H,3-5,8H2,1-2H3. The predicted molar refractivity (Wildman–Crippen MR) is 87.6 cm³/mol. The number of carbonyl (C=O) groups is 1. The van der Waals surface area contributed by atoms with E-state index in [-0.39, 0.29) is 11.3 Å². The zero-order chi connectivity index (χ0) is 15.4. The Morgan fingerprint density at radius 3 is 2.95 bits per heavy atom. The molecule has 0 aliphatic rings. The Kier molecular flexibility index (Phi) is 5.65. The molecule has 0 spiro atoms. The predicted octanol–water partition coefficient (Wildman–Crippen LogP) is 4.44. The van der Waals surface area contributed by atoms with Crippen molar-refractivity contribution in [3.05, 3.63) is 28.5 Å². The number of carbonyl (C=O) groups excluding carboxylic acids is 1. The molecular formula is C15H18BrClN2O2. The van der Waals surface area contributed by atoms with Crippen LogP contribution in [0.15, 0.2) is 22.7 Å². The maximum absolute atomic E-state index is 11.4. The van der Waals surface area contributed by atoms with Crippen molar-refractivity contribution >= 4 is 44.5 Å². The molecule has 0 saturated carbocycles. The first-order chi connectivity index (χ1) is 10.0. The molecule has 0 N–H and O–H groups in total. The van der Waals surface area contributed by atoms with Crippen molar-refractivity contribution in [2.24, 2.45) is 0 Å². The van der Waals surface area contributed by atoms with Gasteiger partial charge in [-0.1, -0.05) is 15.9 Å². The summed E-state index contributed by atoms with van der Waals surface area (Å²) >= 11 is 9.70. The fraction of sp³-hybridized carbons (Fsp3) is 0.467. The molecule has 1 unspecified atom stereocenters. The summed E-state index contributed by atoms with van der Waals surface area (Å²) in [7, 11) is 0. The molecule has 0 amide bonds. The van der Waals surface area contributed by atoms with E-state index in [0.29, 0.717) is 26.0 Å². The molecule has 0 saturated heterocycles. The minimum atomic E-state index is -0.182. The zero-order valence-corrected chi connectivity index (χ0v) is 14.4. The van der Waals surface area contributed by atoms with Crippen molar-refractivity contribution in [3.8, 4) is 0 Å². The molecule has 4 nitrogen and oxygen atoms in total. The SMILES string of the molecule is CCOC(=O)CCCn1c(C(C)Cl)nc2ccc(Br)cc21. The Morgan fingerprint density at radius 1 is 1.52 bits per heavy atom. The van der Waals surface area contributed by atoms with Gasteiger partial charge in [-0.15, -0.1) is 11.6 Å². The van der Waals surface area contributed by atoms with Gasteiger partial charge in [-0.25, -0.2) is 4.98 Å².